The smallest absolute Gasteiger partial charge is 0.184 e. The number of ether oxygens (including phenoxy) is 2. The van der Waals surface area contributed by atoms with E-state index < -0.39 is 0 Å². The summed E-state index contributed by atoms with van der Waals surface area (Å²) >= 11 is 1.85. The Kier molecular flexibility index (Phi) is 4.83. The van der Waals surface area contributed by atoms with Gasteiger partial charge in [0.2, 0.25) is 0 Å². The molecular weight excluding hydrogens is 284 g/mol. The SMILES string of the molecule is CC(C)CC1CN=C(Nc2ccc(C3OCCO3)cc2)S1. The van der Waals surface area contributed by atoms with Gasteiger partial charge >= 0.3 is 0 Å². The zero-order chi connectivity index (χ0) is 14.7. The van der Waals surface area contributed by atoms with Crippen LogP contribution in [-0.2, 0) is 9.47 Å². The van der Waals surface area contributed by atoms with Gasteiger partial charge in [0.05, 0.1) is 19.8 Å². The fourth-order valence-electron chi connectivity index (χ4n) is 2.53. The molecule has 0 aromatic heterocycles. The molecule has 0 spiro atoms. The zero-order valence-corrected chi connectivity index (χ0v) is 13.4. The second-order valence-electron chi connectivity index (χ2n) is 5.84. The number of thioether (sulfide) groups is 1. The van der Waals surface area contributed by atoms with Crippen molar-refractivity contribution in [2.75, 3.05) is 25.1 Å². The molecule has 2 heterocycles. The highest BCUT2D eigenvalue weighted by Gasteiger charge is 2.21. The molecule has 1 aromatic carbocycles. The van der Waals surface area contributed by atoms with Gasteiger partial charge in [-0.25, -0.2) is 0 Å². The zero-order valence-electron chi connectivity index (χ0n) is 12.5. The minimum Gasteiger partial charge on any atom is -0.346 e. The third kappa shape index (κ3) is 3.99. The fraction of sp³-hybridized carbons (Fsp3) is 0.562. The third-order valence-electron chi connectivity index (χ3n) is 3.51. The summed E-state index contributed by atoms with van der Waals surface area (Å²) in [4.78, 5) is 4.58. The Morgan fingerprint density at radius 3 is 2.62 bits per heavy atom. The number of benzene rings is 1. The second-order valence-corrected chi connectivity index (χ2v) is 7.12. The van der Waals surface area contributed by atoms with Gasteiger partial charge in [0, 0.05) is 16.5 Å². The Morgan fingerprint density at radius 1 is 1.24 bits per heavy atom. The van der Waals surface area contributed by atoms with Crippen molar-refractivity contribution in [3.05, 3.63) is 29.8 Å². The summed E-state index contributed by atoms with van der Waals surface area (Å²) in [6, 6.07) is 8.20. The number of hydrogen-bond donors (Lipinski definition) is 1. The first-order valence-corrected chi connectivity index (χ1v) is 8.40. The minimum absolute atomic E-state index is 0.201. The highest BCUT2D eigenvalue weighted by atomic mass is 32.2. The van der Waals surface area contributed by atoms with Crippen molar-refractivity contribution in [1.82, 2.24) is 0 Å². The molecule has 3 rings (SSSR count). The molecule has 1 saturated heterocycles. The Balaban J connectivity index is 1.54. The molecular formula is C16H22N2O2S. The first-order valence-electron chi connectivity index (χ1n) is 7.52. The van der Waals surface area contributed by atoms with Crippen LogP contribution in [0, 0.1) is 5.92 Å². The van der Waals surface area contributed by atoms with Crippen LogP contribution in [0.15, 0.2) is 29.3 Å². The molecule has 1 fully saturated rings. The maximum absolute atomic E-state index is 5.49. The predicted molar refractivity (Wildman–Crippen MR) is 87.8 cm³/mol. The molecule has 2 aliphatic rings. The van der Waals surface area contributed by atoms with E-state index in [-0.39, 0.29) is 6.29 Å². The van der Waals surface area contributed by atoms with Crippen LogP contribution in [0.3, 0.4) is 0 Å². The topological polar surface area (TPSA) is 42.9 Å². The third-order valence-corrected chi connectivity index (χ3v) is 4.64. The van der Waals surface area contributed by atoms with E-state index in [0.29, 0.717) is 18.5 Å². The second kappa shape index (κ2) is 6.81. The molecule has 1 aromatic rings. The standard InChI is InChI=1S/C16H22N2O2S/c1-11(2)9-14-10-17-16(21-14)18-13-5-3-12(4-6-13)15-19-7-8-20-15/h3-6,11,14-15H,7-10H2,1-2H3,(H,17,18). The van der Waals surface area contributed by atoms with Crippen molar-refractivity contribution >= 4 is 22.6 Å². The fourth-order valence-corrected chi connectivity index (χ4v) is 3.80. The quantitative estimate of drug-likeness (QED) is 0.922. The molecule has 5 heteroatoms. The monoisotopic (exact) mass is 306 g/mol. The number of hydrogen-bond acceptors (Lipinski definition) is 5. The van der Waals surface area contributed by atoms with Crippen molar-refractivity contribution in [2.24, 2.45) is 10.9 Å². The number of nitrogens with one attached hydrogen (secondary N) is 1. The van der Waals surface area contributed by atoms with Crippen molar-refractivity contribution in [2.45, 2.75) is 31.8 Å². The van der Waals surface area contributed by atoms with Crippen LogP contribution in [-0.4, -0.2) is 30.2 Å². The van der Waals surface area contributed by atoms with Gasteiger partial charge in [-0.1, -0.05) is 37.7 Å². The van der Waals surface area contributed by atoms with Crippen molar-refractivity contribution < 1.29 is 9.47 Å². The largest absolute Gasteiger partial charge is 0.346 e. The summed E-state index contributed by atoms with van der Waals surface area (Å²) in [6.07, 6.45) is 1.02. The number of nitrogens with zero attached hydrogens (tertiary/aromatic N) is 1. The van der Waals surface area contributed by atoms with Gasteiger partial charge in [0.15, 0.2) is 11.5 Å². The van der Waals surface area contributed by atoms with Gasteiger partial charge in [0.1, 0.15) is 0 Å². The van der Waals surface area contributed by atoms with E-state index >= 15 is 0 Å². The molecule has 114 valence electrons. The number of anilines is 1. The van der Waals surface area contributed by atoms with Crippen LogP contribution < -0.4 is 5.32 Å². The molecule has 0 saturated carbocycles. The normalized spacial score (nSPS) is 22.8. The lowest BCUT2D eigenvalue weighted by molar-refractivity contribution is -0.0441. The van der Waals surface area contributed by atoms with Crippen LogP contribution >= 0.6 is 11.8 Å². The maximum Gasteiger partial charge on any atom is 0.184 e. The summed E-state index contributed by atoms with van der Waals surface area (Å²) < 4.78 is 11.0. The maximum atomic E-state index is 5.49. The molecule has 1 N–H and O–H groups in total. The highest BCUT2D eigenvalue weighted by molar-refractivity contribution is 8.15. The van der Waals surface area contributed by atoms with Gasteiger partial charge in [-0.2, -0.15) is 0 Å². The lowest BCUT2D eigenvalue weighted by atomic mass is 10.1. The summed E-state index contributed by atoms with van der Waals surface area (Å²) in [7, 11) is 0. The molecule has 2 aliphatic heterocycles. The number of amidine groups is 1. The lowest BCUT2D eigenvalue weighted by Gasteiger charge is -2.12. The van der Waals surface area contributed by atoms with E-state index in [4.69, 9.17) is 9.47 Å². The average Bonchev–Trinajstić information content (AvgIpc) is 3.11. The van der Waals surface area contributed by atoms with E-state index in [1.54, 1.807) is 0 Å². The van der Waals surface area contributed by atoms with Crippen molar-refractivity contribution in [1.29, 1.82) is 0 Å². The van der Waals surface area contributed by atoms with E-state index in [0.717, 1.165) is 28.9 Å². The number of rotatable bonds is 4. The predicted octanol–water partition coefficient (Wildman–Crippen LogP) is 3.66. The molecule has 0 radical (unpaired) electrons. The van der Waals surface area contributed by atoms with E-state index in [9.17, 15) is 0 Å². The Hall–Kier alpha value is -1.04. The van der Waals surface area contributed by atoms with E-state index in [2.05, 4.69) is 36.3 Å². The molecule has 4 nitrogen and oxygen atoms in total. The summed E-state index contributed by atoms with van der Waals surface area (Å²) in [5.74, 6) is 0.725. The molecule has 0 amide bonds. The van der Waals surface area contributed by atoms with Crippen molar-refractivity contribution in [3.63, 3.8) is 0 Å². The highest BCUT2D eigenvalue weighted by Crippen LogP contribution is 2.28. The van der Waals surface area contributed by atoms with Gasteiger partial charge < -0.3 is 14.8 Å². The molecule has 1 atom stereocenters. The van der Waals surface area contributed by atoms with Gasteiger partial charge in [0.25, 0.3) is 0 Å². The van der Waals surface area contributed by atoms with Gasteiger partial charge in [-0.15, -0.1) is 0 Å². The Bertz CT molecular complexity index is 496. The lowest BCUT2D eigenvalue weighted by Crippen LogP contribution is -2.09. The van der Waals surface area contributed by atoms with Crippen LogP contribution in [0.2, 0.25) is 0 Å². The van der Waals surface area contributed by atoms with Crippen LogP contribution in [0.4, 0.5) is 5.69 Å². The molecule has 0 aliphatic carbocycles. The van der Waals surface area contributed by atoms with Gasteiger partial charge in [-0.3, -0.25) is 4.99 Å². The van der Waals surface area contributed by atoms with Gasteiger partial charge in [-0.05, 0) is 24.5 Å². The summed E-state index contributed by atoms with van der Waals surface area (Å²) in [6.45, 7) is 6.80. The molecule has 1 unspecified atom stereocenters. The van der Waals surface area contributed by atoms with Crippen LogP contribution in [0.1, 0.15) is 32.1 Å². The Labute approximate surface area is 130 Å². The minimum atomic E-state index is -0.201. The van der Waals surface area contributed by atoms with Crippen LogP contribution in [0.5, 0.6) is 0 Å². The Morgan fingerprint density at radius 2 is 1.95 bits per heavy atom. The van der Waals surface area contributed by atoms with Crippen molar-refractivity contribution in [3.8, 4) is 0 Å². The average molecular weight is 306 g/mol. The first kappa shape index (κ1) is 14.9. The summed E-state index contributed by atoms with van der Waals surface area (Å²) in [5.41, 5.74) is 2.13. The molecule has 21 heavy (non-hydrogen) atoms. The van der Waals surface area contributed by atoms with E-state index in [1.165, 1.54) is 6.42 Å². The first-order chi connectivity index (χ1) is 10.2. The van der Waals surface area contributed by atoms with Crippen LogP contribution in [0.25, 0.3) is 0 Å². The number of aliphatic imine (C=N–C) groups is 1. The summed E-state index contributed by atoms with van der Waals surface area (Å²) in [5, 5.41) is 5.04. The van der Waals surface area contributed by atoms with E-state index in [1.807, 2.05) is 23.9 Å². The molecule has 0 bridgehead atoms.